The Kier molecular flexibility index (Phi) is 3.99. The van der Waals surface area contributed by atoms with Crippen LogP contribution >= 0.6 is 11.3 Å². The van der Waals surface area contributed by atoms with Crippen molar-refractivity contribution in [2.24, 2.45) is 0 Å². The van der Waals surface area contributed by atoms with E-state index in [-0.39, 0.29) is 5.97 Å². The molecule has 1 aromatic heterocycles. The van der Waals surface area contributed by atoms with Gasteiger partial charge in [0.1, 0.15) is 0 Å². The minimum atomic E-state index is -0.303. The molecule has 0 saturated carbocycles. The Morgan fingerprint density at radius 1 is 1.39 bits per heavy atom. The van der Waals surface area contributed by atoms with E-state index in [1.54, 1.807) is 17.4 Å². The quantitative estimate of drug-likeness (QED) is 0.857. The van der Waals surface area contributed by atoms with E-state index in [9.17, 15) is 4.79 Å². The van der Waals surface area contributed by atoms with Gasteiger partial charge in [0, 0.05) is 12.2 Å². The largest absolute Gasteiger partial charge is 0.465 e. The number of esters is 1. The average Bonchev–Trinajstić information content (AvgIpc) is 2.89. The SMILES string of the molecule is COC(=O)c1ccc(NCc2ccsc2)c(C)c1. The summed E-state index contributed by atoms with van der Waals surface area (Å²) in [6.07, 6.45) is 0. The molecule has 0 bridgehead atoms. The molecule has 1 N–H and O–H groups in total. The first-order valence-electron chi connectivity index (χ1n) is 5.64. The summed E-state index contributed by atoms with van der Waals surface area (Å²) in [6, 6.07) is 7.61. The van der Waals surface area contributed by atoms with Crippen LogP contribution in [0.1, 0.15) is 21.5 Å². The summed E-state index contributed by atoms with van der Waals surface area (Å²) in [4.78, 5) is 11.4. The van der Waals surface area contributed by atoms with Crippen molar-refractivity contribution >= 4 is 23.0 Å². The van der Waals surface area contributed by atoms with Crippen LogP contribution in [-0.4, -0.2) is 13.1 Å². The van der Waals surface area contributed by atoms with Crippen molar-refractivity contribution in [1.82, 2.24) is 0 Å². The minimum Gasteiger partial charge on any atom is -0.465 e. The second-order valence-electron chi connectivity index (χ2n) is 4.01. The van der Waals surface area contributed by atoms with Crippen LogP contribution in [0.3, 0.4) is 0 Å². The topological polar surface area (TPSA) is 38.3 Å². The van der Waals surface area contributed by atoms with E-state index in [2.05, 4.69) is 22.1 Å². The van der Waals surface area contributed by atoms with Gasteiger partial charge in [0.05, 0.1) is 12.7 Å². The van der Waals surface area contributed by atoms with Gasteiger partial charge in [-0.2, -0.15) is 11.3 Å². The second kappa shape index (κ2) is 5.69. The molecule has 3 nitrogen and oxygen atoms in total. The zero-order valence-electron chi connectivity index (χ0n) is 10.4. The van der Waals surface area contributed by atoms with Gasteiger partial charge in [-0.1, -0.05) is 0 Å². The Balaban J connectivity index is 2.08. The highest BCUT2D eigenvalue weighted by molar-refractivity contribution is 7.07. The van der Waals surface area contributed by atoms with Crippen LogP contribution in [-0.2, 0) is 11.3 Å². The first-order valence-corrected chi connectivity index (χ1v) is 6.59. The highest BCUT2D eigenvalue weighted by Crippen LogP contribution is 2.18. The van der Waals surface area contributed by atoms with Crippen LogP contribution in [0.4, 0.5) is 5.69 Å². The fourth-order valence-corrected chi connectivity index (χ4v) is 2.37. The summed E-state index contributed by atoms with van der Waals surface area (Å²) in [5.41, 5.74) is 3.91. The lowest BCUT2D eigenvalue weighted by Crippen LogP contribution is -2.04. The maximum absolute atomic E-state index is 11.4. The Morgan fingerprint density at radius 2 is 2.22 bits per heavy atom. The van der Waals surface area contributed by atoms with Crippen molar-refractivity contribution in [2.75, 3.05) is 12.4 Å². The standard InChI is InChI=1S/C14H15NO2S/c1-10-7-12(14(16)17-2)3-4-13(10)15-8-11-5-6-18-9-11/h3-7,9,15H,8H2,1-2H3. The minimum absolute atomic E-state index is 0.303. The summed E-state index contributed by atoms with van der Waals surface area (Å²) in [6.45, 7) is 2.77. The summed E-state index contributed by atoms with van der Waals surface area (Å²) in [7, 11) is 1.39. The molecule has 0 aliphatic heterocycles. The molecule has 0 fully saturated rings. The predicted molar refractivity (Wildman–Crippen MR) is 74.2 cm³/mol. The summed E-state index contributed by atoms with van der Waals surface area (Å²) >= 11 is 1.69. The van der Waals surface area contributed by atoms with Gasteiger partial charge in [-0.15, -0.1) is 0 Å². The molecule has 0 radical (unpaired) electrons. The molecule has 0 spiro atoms. The number of hydrogen-bond acceptors (Lipinski definition) is 4. The molecule has 0 saturated heterocycles. The molecule has 4 heteroatoms. The maximum atomic E-state index is 11.4. The van der Waals surface area contributed by atoms with Gasteiger partial charge in [-0.05, 0) is 53.1 Å². The Bertz CT molecular complexity index is 535. The monoisotopic (exact) mass is 261 g/mol. The number of methoxy groups -OCH3 is 1. The van der Waals surface area contributed by atoms with Gasteiger partial charge in [0.2, 0.25) is 0 Å². The molecule has 94 valence electrons. The number of carbonyl (C=O) groups is 1. The molecular weight excluding hydrogens is 246 g/mol. The van der Waals surface area contributed by atoms with Crippen LogP contribution < -0.4 is 5.32 Å². The van der Waals surface area contributed by atoms with Crippen LogP contribution in [0.15, 0.2) is 35.0 Å². The van der Waals surface area contributed by atoms with Gasteiger partial charge < -0.3 is 10.1 Å². The molecule has 0 aliphatic rings. The molecule has 1 aromatic carbocycles. The van der Waals surface area contributed by atoms with Gasteiger partial charge in [0.25, 0.3) is 0 Å². The van der Waals surface area contributed by atoms with Crippen LogP contribution in [0, 0.1) is 6.92 Å². The second-order valence-corrected chi connectivity index (χ2v) is 4.79. The number of ether oxygens (including phenoxy) is 1. The van der Waals surface area contributed by atoms with E-state index >= 15 is 0 Å². The molecule has 1 heterocycles. The number of nitrogens with one attached hydrogen (secondary N) is 1. The molecule has 0 atom stereocenters. The van der Waals surface area contributed by atoms with Crippen molar-refractivity contribution in [2.45, 2.75) is 13.5 Å². The number of rotatable bonds is 4. The zero-order chi connectivity index (χ0) is 13.0. The molecule has 0 aliphatic carbocycles. The molecule has 2 rings (SSSR count). The van der Waals surface area contributed by atoms with Crippen molar-refractivity contribution in [3.05, 3.63) is 51.7 Å². The van der Waals surface area contributed by atoms with Gasteiger partial charge in [-0.3, -0.25) is 0 Å². The van der Waals surface area contributed by atoms with Gasteiger partial charge in [0.15, 0.2) is 0 Å². The summed E-state index contributed by atoms with van der Waals surface area (Å²) < 4.78 is 4.69. The molecular formula is C14H15NO2S. The van der Waals surface area contributed by atoms with Crippen molar-refractivity contribution in [1.29, 1.82) is 0 Å². The number of aryl methyl sites for hydroxylation is 1. The van der Waals surface area contributed by atoms with Crippen LogP contribution in [0.5, 0.6) is 0 Å². The first-order chi connectivity index (χ1) is 8.70. The fraction of sp³-hybridized carbons (Fsp3) is 0.214. The first kappa shape index (κ1) is 12.6. The molecule has 0 amide bonds. The maximum Gasteiger partial charge on any atom is 0.337 e. The molecule has 18 heavy (non-hydrogen) atoms. The third-order valence-electron chi connectivity index (χ3n) is 2.71. The third-order valence-corrected chi connectivity index (χ3v) is 3.44. The predicted octanol–water partition coefficient (Wildman–Crippen LogP) is 3.46. The lowest BCUT2D eigenvalue weighted by molar-refractivity contribution is 0.0600. The van der Waals surface area contributed by atoms with Crippen LogP contribution in [0.2, 0.25) is 0 Å². The van der Waals surface area contributed by atoms with E-state index < -0.39 is 0 Å². The van der Waals surface area contributed by atoms with Gasteiger partial charge >= 0.3 is 5.97 Å². The number of thiophene rings is 1. The highest BCUT2D eigenvalue weighted by Gasteiger charge is 2.07. The van der Waals surface area contributed by atoms with Crippen molar-refractivity contribution in [3.8, 4) is 0 Å². The Labute approximate surface area is 110 Å². The Hall–Kier alpha value is -1.81. The van der Waals surface area contributed by atoms with Crippen molar-refractivity contribution < 1.29 is 9.53 Å². The lowest BCUT2D eigenvalue weighted by Gasteiger charge is -2.10. The van der Waals surface area contributed by atoms with Gasteiger partial charge in [-0.25, -0.2) is 4.79 Å². The zero-order valence-corrected chi connectivity index (χ0v) is 11.2. The number of carbonyl (C=O) groups excluding carboxylic acids is 1. The fourth-order valence-electron chi connectivity index (χ4n) is 1.70. The van der Waals surface area contributed by atoms with E-state index in [1.165, 1.54) is 12.7 Å². The summed E-state index contributed by atoms with van der Waals surface area (Å²) in [5, 5.41) is 7.53. The van der Waals surface area contributed by atoms with Crippen molar-refractivity contribution in [3.63, 3.8) is 0 Å². The summed E-state index contributed by atoms with van der Waals surface area (Å²) in [5.74, 6) is -0.303. The number of hydrogen-bond donors (Lipinski definition) is 1. The lowest BCUT2D eigenvalue weighted by atomic mass is 10.1. The van der Waals surface area contributed by atoms with E-state index in [0.29, 0.717) is 5.56 Å². The van der Waals surface area contributed by atoms with E-state index in [1.807, 2.05) is 19.1 Å². The highest BCUT2D eigenvalue weighted by atomic mass is 32.1. The molecule has 2 aromatic rings. The van der Waals surface area contributed by atoms with Crippen LogP contribution in [0.25, 0.3) is 0 Å². The molecule has 0 unspecified atom stereocenters. The average molecular weight is 261 g/mol. The van der Waals surface area contributed by atoms with E-state index in [4.69, 9.17) is 4.74 Å². The number of anilines is 1. The van der Waals surface area contributed by atoms with E-state index in [0.717, 1.165) is 17.8 Å². The normalized spacial score (nSPS) is 10.1. The number of benzene rings is 1. The smallest absolute Gasteiger partial charge is 0.337 e. The third kappa shape index (κ3) is 2.90. The Morgan fingerprint density at radius 3 is 2.83 bits per heavy atom.